The highest BCUT2D eigenvalue weighted by Gasteiger charge is 2.53. The van der Waals surface area contributed by atoms with Crippen LogP contribution in [0.4, 0.5) is 4.79 Å². The highest BCUT2D eigenvalue weighted by molar-refractivity contribution is 6.05. The lowest BCUT2D eigenvalue weighted by Crippen LogP contribution is -2.43. The highest BCUT2D eigenvalue weighted by Crippen LogP contribution is 2.35. The zero-order valence-electron chi connectivity index (χ0n) is 10.7. The van der Waals surface area contributed by atoms with Gasteiger partial charge in [-0.1, -0.05) is 0 Å². The van der Waals surface area contributed by atoms with Crippen molar-refractivity contribution in [1.82, 2.24) is 14.7 Å². The molecule has 1 aliphatic carbocycles. The van der Waals surface area contributed by atoms with E-state index in [0.29, 0.717) is 25.6 Å². The quantitative estimate of drug-likeness (QED) is 0.668. The molecule has 3 aliphatic heterocycles. The third kappa shape index (κ3) is 1.52. The summed E-state index contributed by atoms with van der Waals surface area (Å²) < 4.78 is 0. The summed E-state index contributed by atoms with van der Waals surface area (Å²) >= 11 is 0. The predicted octanol–water partition coefficient (Wildman–Crippen LogP) is 0.176. The second-order valence-corrected chi connectivity index (χ2v) is 5.98. The molecule has 4 rings (SSSR count). The van der Waals surface area contributed by atoms with Crippen LogP contribution in [0.1, 0.15) is 32.1 Å². The fourth-order valence-electron chi connectivity index (χ4n) is 3.61. The maximum atomic E-state index is 12.3. The maximum Gasteiger partial charge on any atom is 0.327 e. The minimum Gasteiger partial charge on any atom is -0.338 e. The van der Waals surface area contributed by atoms with Crippen LogP contribution in [-0.4, -0.2) is 63.8 Å². The summed E-state index contributed by atoms with van der Waals surface area (Å²) in [6.45, 7) is 1.22. The number of hydrogen-bond acceptors (Lipinski definition) is 3. The van der Waals surface area contributed by atoms with E-state index in [0.717, 1.165) is 25.7 Å². The first-order chi connectivity index (χ1) is 9.16. The van der Waals surface area contributed by atoms with Crippen LogP contribution in [0.3, 0.4) is 0 Å². The van der Waals surface area contributed by atoms with Gasteiger partial charge in [0, 0.05) is 25.6 Å². The lowest BCUT2D eigenvalue weighted by atomic mass is 10.2. The number of rotatable bonds is 2. The molecule has 3 heterocycles. The van der Waals surface area contributed by atoms with Crippen LogP contribution in [0.2, 0.25) is 0 Å². The molecule has 102 valence electrons. The Morgan fingerprint density at radius 3 is 2.42 bits per heavy atom. The van der Waals surface area contributed by atoms with E-state index in [1.807, 2.05) is 4.90 Å². The monoisotopic (exact) mass is 263 g/mol. The molecule has 6 nitrogen and oxygen atoms in total. The standard InChI is InChI=1S/C13H17N3O3/c17-11-6-9(7-15(11)8-3-4-8)16-12(18)10-2-1-5-14(10)13(16)19/h8-10H,1-7H2/t9?,10-/m0/s1. The van der Waals surface area contributed by atoms with Crippen LogP contribution in [0, 0.1) is 0 Å². The molecule has 0 spiro atoms. The molecule has 4 fully saturated rings. The van der Waals surface area contributed by atoms with Gasteiger partial charge in [-0.25, -0.2) is 4.79 Å². The van der Waals surface area contributed by atoms with E-state index in [9.17, 15) is 14.4 Å². The Balaban J connectivity index is 1.55. The van der Waals surface area contributed by atoms with E-state index in [1.165, 1.54) is 4.90 Å². The largest absolute Gasteiger partial charge is 0.338 e. The van der Waals surface area contributed by atoms with Crippen LogP contribution in [0.15, 0.2) is 0 Å². The zero-order chi connectivity index (χ0) is 13.1. The number of amides is 4. The first kappa shape index (κ1) is 11.3. The van der Waals surface area contributed by atoms with Crippen LogP contribution >= 0.6 is 0 Å². The molecule has 6 heteroatoms. The molecule has 0 N–H and O–H groups in total. The number of fused-ring (bicyclic) bond motifs is 1. The SMILES string of the molecule is O=C1CC(N2C(=O)[C@@H]3CCCN3C2=O)CN1C1CC1. The van der Waals surface area contributed by atoms with Crippen LogP contribution < -0.4 is 0 Å². The van der Waals surface area contributed by atoms with Gasteiger partial charge in [0.05, 0.1) is 6.04 Å². The summed E-state index contributed by atoms with van der Waals surface area (Å²) in [6.07, 6.45) is 4.13. The fourth-order valence-corrected chi connectivity index (χ4v) is 3.61. The molecule has 2 atom stereocenters. The second-order valence-electron chi connectivity index (χ2n) is 5.98. The molecule has 1 saturated carbocycles. The van der Waals surface area contributed by atoms with Crippen molar-refractivity contribution in [3.63, 3.8) is 0 Å². The molecule has 0 bridgehead atoms. The summed E-state index contributed by atoms with van der Waals surface area (Å²) in [7, 11) is 0. The number of hydrogen-bond donors (Lipinski definition) is 0. The summed E-state index contributed by atoms with van der Waals surface area (Å²) in [6, 6.07) is -0.302. The number of carbonyl (C=O) groups excluding carboxylic acids is 3. The Hall–Kier alpha value is -1.59. The Labute approximate surface area is 111 Å². The third-order valence-electron chi connectivity index (χ3n) is 4.72. The summed E-state index contributed by atoms with van der Waals surface area (Å²) in [5.41, 5.74) is 0. The smallest absolute Gasteiger partial charge is 0.327 e. The number of nitrogens with zero attached hydrogens (tertiary/aromatic N) is 3. The maximum absolute atomic E-state index is 12.3. The first-order valence-corrected chi connectivity index (χ1v) is 7.10. The van der Waals surface area contributed by atoms with Crippen molar-refractivity contribution in [2.45, 2.75) is 50.2 Å². The molecule has 0 aromatic heterocycles. The molecule has 1 unspecified atom stereocenters. The number of urea groups is 1. The molecular formula is C13H17N3O3. The minimum absolute atomic E-state index is 0.0852. The third-order valence-corrected chi connectivity index (χ3v) is 4.72. The van der Waals surface area contributed by atoms with Gasteiger partial charge in [0.1, 0.15) is 6.04 Å². The van der Waals surface area contributed by atoms with E-state index in [-0.39, 0.29) is 29.9 Å². The van der Waals surface area contributed by atoms with Crippen molar-refractivity contribution in [3.05, 3.63) is 0 Å². The van der Waals surface area contributed by atoms with E-state index in [2.05, 4.69) is 0 Å². The van der Waals surface area contributed by atoms with Gasteiger partial charge < -0.3 is 9.80 Å². The van der Waals surface area contributed by atoms with Gasteiger partial charge in [-0.15, -0.1) is 0 Å². The van der Waals surface area contributed by atoms with Crippen molar-refractivity contribution in [2.75, 3.05) is 13.1 Å². The van der Waals surface area contributed by atoms with Crippen LogP contribution in [0.5, 0.6) is 0 Å². The summed E-state index contributed by atoms with van der Waals surface area (Å²) in [5.74, 6) is 0.0121. The normalized spacial score (nSPS) is 34.7. The van der Waals surface area contributed by atoms with E-state index in [4.69, 9.17) is 0 Å². The van der Waals surface area contributed by atoms with Gasteiger partial charge in [0.15, 0.2) is 0 Å². The number of imide groups is 1. The van der Waals surface area contributed by atoms with E-state index < -0.39 is 0 Å². The molecule has 19 heavy (non-hydrogen) atoms. The average molecular weight is 263 g/mol. The molecule has 4 amide bonds. The lowest BCUT2D eigenvalue weighted by molar-refractivity contribution is -0.129. The minimum atomic E-state index is -0.252. The van der Waals surface area contributed by atoms with Gasteiger partial charge in [-0.05, 0) is 25.7 Å². The van der Waals surface area contributed by atoms with Gasteiger partial charge in [0.2, 0.25) is 5.91 Å². The summed E-state index contributed by atoms with van der Waals surface area (Å²) in [4.78, 5) is 41.4. The van der Waals surface area contributed by atoms with Crippen molar-refractivity contribution in [1.29, 1.82) is 0 Å². The van der Waals surface area contributed by atoms with Gasteiger partial charge in [-0.2, -0.15) is 0 Å². The predicted molar refractivity (Wildman–Crippen MR) is 65.1 cm³/mol. The zero-order valence-corrected chi connectivity index (χ0v) is 10.7. The van der Waals surface area contributed by atoms with Crippen LogP contribution in [0.25, 0.3) is 0 Å². The molecule has 0 radical (unpaired) electrons. The first-order valence-electron chi connectivity index (χ1n) is 7.10. The lowest BCUT2D eigenvalue weighted by Gasteiger charge is -2.22. The van der Waals surface area contributed by atoms with Crippen molar-refractivity contribution in [3.8, 4) is 0 Å². The number of carbonyl (C=O) groups is 3. The Kier molecular flexibility index (Phi) is 2.20. The Morgan fingerprint density at radius 2 is 1.74 bits per heavy atom. The topological polar surface area (TPSA) is 60.9 Å². The van der Waals surface area contributed by atoms with Gasteiger partial charge in [0.25, 0.3) is 5.91 Å². The molecule has 4 aliphatic rings. The molecule has 0 aromatic rings. The van der Waals surface area contributed by atoms with Gasteiger partial charge in [-0.3, -0.25) is 14.5 Å². The molecular weight excluding hydrogens is 246 g/mol. The average Bonchev–Trinajstić information content (AvgIpc) is 2.89. The summed E-state index contributed by atoms with van der Waals surface area (Å²) in [5, 5.41) is 0. The highest BCUT2D eigenvalue weighted by atomic mass is 16.2. The Morgan fingerprint density at radius 1 is 0.947 bits per heavy atom. The Bertz CT molecular complexity index is 452. The fraction of sp³-hybridized carbons (Fsp3) is 0.769. The molecule has 3 saturated heterocycles. The molecule has 0 aromatic carbocycles. The van der Waals surface area contributed by atoms with Crippen molar-refractivity contribution >= 4 is 17.8 Å². The van der Waals surface area contributed by atoms with E-state index >= 15 is 0 Å². The van der Waals surface area contributed by atoms with Gasteiger partial charge >= 0.3 is 6.03 Å². The van der Waals surface area contributed by atoms with E-state index in [1.54, 1.807) is 4.90 Å². The number of likely N-dealkylation sites (tertiary alicyclic amines) is 1. The van der Waals surface area contributed by atoms with Crippen LogP contribution in [-0.2, 0) is 9.59 Å². The second kappa shape index (κ2) is 3.71. The van der Waals surface area contributed by atoms with Crippen molar-refractivity contribution < 1.29 is 14.4 Å². The van der Waals surface area contributed by atoms with Crippen molar-refractivity contribution in [2.24, 2.45) is 0 Å².